The molecule has 0 amide bonds. The zero-order chi connectivity index (χ0) is 11.9. The summed E-state index contributed by atoms with van der Waals surface area (Å²) in [7, 11) is 0. The quantitative estimate of drug-likeness (QED) is 0.806. The Morgan fingerprint density at radius 3 is 3.00 bits per heavy atom. The van der Waals surface area contributed by atoms with E-state index in [2.05, 4.69) is 27.5 Å². The van der Waals surface area contributed by atoms with Crippen LogP contribution < -0.4 is 5.32 Å². The van der Waals surface area contributed by atoms with Crippen LogP contribution in [-0.2, 0) is 19.5 Å². The molecule has 0 spiro atoms. The van der Waals surface area contributed by atoms with E-state index < -0.39 is 0 Å². The number of aryl methyl sites for hydroxylation is 2. The van der Waals surface area contributed by atoms with E-state index >= 15 is 0 Å². The molecule has 0 fully saturated rings. The first-order chi connectivity index (χ1) is 8.38. The zero-order valence-corrected chi connectivity index (χ0v) is 10.0. The summed E-state index contributed by atoms with van der Waals surface area (Å²) in [5.41, 5.74) is 2.06. The number of hydrogen-bond acceptors (Lipinski definition) is 4. The van der Waals surface area contributed by atoms with Gasteiger partial charge in [0.15, 0.2) is 0 Å². The molecule has 17 heavy (non-hydrogen) atoms. The fraction of sp³-hybridized carbons (Fsp3) is 0.417. The van der Waals surface area contributed by atoms with E-state index in [0.717, 1.165) is 37.4 Å². The smallest absolute Gasteiger partial charge is 0.0964 e. The summed E-state index contributed by atoms with van der Waals surface area (Å²) in [5, 5.41) is 11.4. The second-order valence-corrected chi connectivity index (χ2v) is 3.82. The Hall–Kier alpha value is -1.75. The fourth-order valence-corrected chi connectivity index (χ4v) is 1.56. The molecule has 0 aromatic carbocycles. The highest BCUT2D eigenvalue weighted by molar-refractivity contribution is 5.03. The SMILES string of the molecule is CCNCc1cn(CCc2ccccn2)nn1. The van der Waals surface area contributed by atoms with Crippen LogP contribution in [0.15, 0.2) is 30.6 Å². The van der Waals surface area contributed by atoms with Gasteiger partial charge in [-0.25, -0.2) is 0 Å². The van der Waals surface area contributed by atoms with Crippen molar-refractivity contribution in [1.82, 2.24) is 25.3 Å². The van der Waals surface area contributed by atoms with Crippen LogP contribution in [0.3, 0.4) is 0 Å². The van der Waals surface area contributed by atoms with E-state index in [1.807, 2.05) is 35.3 Å². The van der Waals surface area contributed by atoms with Crippen molar-refractivity contribution < 1.29 is 0 Å². The lowest BCUT2D eigenvalue weighted by Crippen LogP contribution is -2.11. The van der Waals surface area contributed by atoms with E-state index in [1.165, 1.54) is 0 Å². The number of hydrogen-bond donors (Lipinski definition) is 1. The Morgan fingerprint density at radius 1 is 1.29 bits per heavy atom. The van der Waals surface area contributed by atoms with Crippen molar-refractivity contribution in [2.24, 2.45) is 0 Å². The Labute approximate surface area is 101 Å². The van der Waals surface area contributed by atoms with Crippen molar-refractivity contribution in [1.29, 1.82) is 0 Å². The monoisotopic (exact) mass is 231 g/mol. The van der Waals surface area contributed by atoms with E-state index in [-0.39, 0.29) is 0 Å². The predicted octanol–water partition coefficient (Wildman–Crippen LogP) is 1.03. The maximum Gasteiger partial charge on any atom is 0.0964 e. The van der Waals surface area contributed by atoms with Crippen molar-refractivity contribution in [3.63, 3.8) is 0 Å². The Bertz CT molecular complexity index is 437. The highest BCUT2D eigenvalue weighted by atomic mass is 15.4. The highest BCUT2D eigenvalue weighted by Crippen LogP contribution is 1.98. The Kier molecular flexibility index (Phi) is 4.21. The van der Waals surface area contributed by atoms with E-state index in [0.29, 0.717) is 0 Å². The molecule has 1 N–H and O–H groups in total. The molecule has 0 aliphatic heterocycles. The molecule has 2 heterocycles. The maximum atomic E-state index is 4.28. The normalized spacial score (nSPS) is 10.6. The molecule has 0 radical (unpaired) electrons. The lowest BCUT2D eigenvalue weighted by molar-refractivity contribution is 0.584. The van der Waals surface area contributed by atoms with Gasteiger partial charge in [-0.3, -0.25) is 9.67 Å². The molecule has 2 rings (SSSR count). The third-order valence-electron chi connectivity index (χ3n) is 2.47. The van der Waals surface area contributed by atoms with Crippen molar-refractivity contribution in [2.45, 2.75) is 26.4 Å². The fourth-order valence-electron chi connectivity index (χ4n) is 1.56. The van der Waals surface area contributed by atoms with Crippen LogP contribution in [0.1, 0.15) is 18.3 Å². The first kappa shape index (κ1) is 11.7. The summed E-state index contributed by atoms with van der Waals surface area (Å²) in [5.74, 6) is 0. The molecular weight excluding hydrogens is 214 g/mol. The second kappa shape index (κ2) is 6.10. The van der Waals surface area contributed by atoms with Gasteiger partial charge in [-0.2, -0.15) is 0 Å². The minimum atomic E-state index is 0.778. The average molecular weight is 231 g/mol. The second-order valence-electron chi connectivity index (χ2n) is 3.82. The zero-order valence-electron chi connectivity index (χ0n) is 10.0. The summed E-state index contributed by atoms with van der Waals surface area (Å²) in [4.78, 5) is 4.28. The molecule has 0 aliphatic carbocycles. The van der Waals surface area contributed by atoms with Crippen molar-refractivity contribution >= 4 is 0 Å². The average Bonchev–Trinajstić information content (AvgIpc) is 2.83. The third kappa shape index (κ3) is 3.64. The molecule has 0 saturated heterocycles. The van der Waals surface area contributed by atoms with E-state index in [1.54, 1.807) is 0 Å². The van der Waals surface area contributed by atoms with E-state index in [9.17, 15) is 0 Å². The number of rotatable bonds is 6. The van der Waals surface area contributed by atoms with E-state index in [4.69, 9.17) is 0 Å². The van der Waals surface area contributed by atoms with Gasteiger partial charge in [0.2, 0.25) is 0 Å². The minimum Gasteiger partial charge on any atom is -0.311 e. The number of nitrogens with one attached hydrogen (secondary N) is 1. The predicted molar refractivity (Wildman–Crippen MR) is 65.3 cm³/mol. The Balaban J connectivity index is 1.85. The van der Waals surface area contributed by atoms with Gasteiger partial charge in [0.05, 0.1) is 5.69 Å². The first-order valence-corrected chi connectivity index (χ1v) is 5.88. The molecule has 2 aromatic rings. The van der Waals surface area contributed by atoms with Gasteiger partial charge in [0.25, 0.3) is 0 Å². The van der Waals surface area contributed by atoms with Crippen molar-refractivity contribution in [3.05, 3.63) is 42.0 Å². The standard InChI is InChI=1S/C12H17N5/c1-2-13-9-12-10-17(16-15-12)8-6-11-5-3-4-7-14-11/h3-5,7,10,13H,2,6,8-9H2,1H3. The maximum absolute atomic E-state index is 4.28. The summed E-state index contributed by atoms with van der Waals surface area (Å²) < 4.78 is 1.86. The number of aromatic nitrogens is 4. The van der Waals surface area contributed by atoms with Crippen LogP contribution >= 0.6 is 0 Å². The number of pyridine rings is 1. The third-order valence-corrected chi connectivity index (χ3v) is 2.47. The molecule has 0 saturated carbocycles. The van der Waals surface area contributed by atoms with Crippen LogP contribution in [0.25, 0.3) is 0 Å². The summed E-state index contributed by atoms with van der Waals surface area (Å²) >= 11 is 0. The van der Waals surface area contributed by atoms with Crippen molar-refractivity contribution in [2.75, 3.05) is 6.54 Å². The van der Waals surface area contributed by atoms with Gasteiger partial charge in [0.1, 0.15) is 0 Å². The largest absolute Gasteiger partial charge is 0.311 e. The van der Waals surface area contributed by atoms with Gasteiger partial charge in [-0.15, -0.1) is 5.10 Å². The van der Waals surface area contributed by atoms with Crippen LogP contribution in [0.5, 0.6) is 0 Å². The molecule has 5 heteroatoms. The molecule has 0 bridgehead atoms. The van der Waals surface area contributed by atoms with Gasteiger partial charge < -0.3 is 5.32 Å². The van der Waals surface area contributed by atoms with Gasteiger partial charge in [0, 0.05) is 37.6 Å². The van der Waals surface area contributed by atoms with Crippen LogP contribution in [0.2, 0.25) is 0 Å². The summed E-state index contributed by atoms with van der Waals surface area (Å²) in [6.07, 6.45) is 4.67. The molecule has 0 aliphatic rings. The molecule has 5 nitrogen and oxygen atoms in total. The number of nitrogens with zero attached hydrogens (tertiary/aromatic N) is 4. The van der Waals surface area contributed by atoms with Crippen molar-refractivity contribution in [3.8, 4) is 0 Å². The lowest BCUT2D eigenvalue weighted by atomic mass is 10.3. The summed E-state index contributed by atoms with van der Waals surface area (Å²) in [6.45, 7) is 4.61. The van der Waals surface area contributed by atoms with Gasteiger partial charge >= 0.3 is 0 Å². The van der Waals surface area contributed by atoms with Gasteiger partial charge in [-0.1, -0.05) is 18.2 Å². The topological polar surface area (TPSA) is 55.6 Å². The van der Waals surface area contributed by atoms with Crippen LogP contribution in [-0.4, -0.2) is 26.5 Å². The molecule has 0 unspecified atom stereocenters. The highest BCUT2D eigenvalue weighted by Gasteiger charge is 2.00. The van der Waals surface area contributed by atoms with Gasteiger partial charge in [-0.05, 0) is 18.7 Å². The Morgan fingerprint density at radius 2 is 2.24 bits per heavy atom. The van der Waals surface area contributed by atoms with Crippen LogP contribution in [0.4, 0.5) is 0 Å². The first-order valence-electron chi connectivity index (χ1n) is 5.88. The molecular formula is C12H17N5. The van der Waals surface area contributed by atoms with Crippen LogP contribution in [0, 0.1) is 0 Å². The summed E-state index contributed by atoms with van der Waals surface area (Å²) in [6, 6.07) is 5.95. The minimum absolute atomic E-state index is 0.778. The lowest BCUT2D eigenvalue weighted by Gasteiger charge is -1.99. The molecule has 90 valence electrons. The molecule has 2 aromatic heterocycles. The molecule has 0 atom stereocenters.